The van der Waals surface area contributed by atoms with Crippen molar-refractivity contribution in [3.8, 4) is 0 Å². The van der Waals surface area contributed by atoms with Crippen LogP contribution >= 0.6 is 15.9 Å². The van der Waals surface area contributed by atoms with Gasteiger partial charge in [-0.25, -0.2) is 0 Å². The van der Waals surface area contributed by atoms with Crippen molar-refractivity contribution in [3.63, 3.8) is 0 Å². The van der Waals surface area contributed by atoms with Gasteiger partial charge in [0.05, 0.1) is 16.8 Å². The minimum absolute atomic E-state index is 0.0514. The van der Waals surface area contributed by atoms with E-state index in [4.69, 9.17) is 0 Å². The van der Waals surface area contributed by atoms with Crippen LogP contribution in [-0.2, 0) is 16.0 Å². The average molecular weight is 385 g/mol. The Labute approximate surface area is 141 Å². The van der Waals surface area contributed by atoms with Crippen LogP contribution in [0, 0.1) is 15.5 Å². The lowest BCUT2D eigenvalue weighted by Crippen LogP contribution is -2.48. The van der Waals surface area contributed by atoms with E-state index in [9.17, 15) is 24.8 Å². The third-order valence-electron chi connectivity index (χ3n) is 4.15. The van der Waals surface area contributed by atoms with Crippen molar-refractivity contribution >= 4 is 33.5 Å². The van der Waals surface area contributed by atoms with Crippen LogP contribution in [0.15, 0.2) is 22.7 Å². The largest absolute Gasteiger partial charge is 0.481 e. The third kappa shape index (κ3) is 3.87. The van der Waals surface area contributed by atoms with Gasteiger partial charge in [-0.05, 0) is 25.3 Å². The maximum atomic E-state index is 12.4. The number of halogens is 1. The minimum Gasteiger partial charge on any atom is -0.481 e. The number of nitro groups is 1. The van der Waals surface area contributed by atoms with Gasteiger partial charge in [0.15, 0.2) is 0 Å². The number of carboxylic acid groups (broad SMARTS) is 1. The van der Waals surface area contributed by atoms with E-state index >= 15 is 0 Å². The number of piperidine rings is 1. The van der Waals surface area contributed by atoms with Crippen LogP contribution in [0.5, 0.6) is 0 Å². The van der Waals surface area contributed by atoms with Crippen molar-refractivity contribution in [2.75, 3.05) is 13.1 Å². The van der Waals surface area contributed by atoms with Crippen LogP contribution in [0.4, 0.5) is 5.69 Å². The number of aliphatic carboxylic acids is 1. The molecule has 0 radical (unpaired) electrons. The van der Waals surface area contributed by atoms with Gasteiger partial charge in [-0.2, -0.15) is 0 Å². The molecule has 0 aromatic heterocycles. The molecule has 1 heterocycles. The Morgan fingerprint density at radius 2 is 2.17 bits per heavy atom. The van der Waals surface area contributed by atoms with Gasteiger partial charge in [-0.15, -0.1) is 0 Å². The number of carbonyl (C=O) groups is 2. The molecule has 1 amide bonds. The van der Waals surface area contributed by atoms with Crippen molar-refractivity contribution < 1.29 is 19.6 Å². The van der Waals surface area contributed by atoms with E-state index in [0.29, 0.717) is 29.4 Å². The van der Waals surface area contributed by atoms with Gasteiger partial charge in [-0.1, -0.05) is 22.0 Å². The Morgan fingerprint density at radius 1 is 1.48 bits per heavy atom. The first-order valence-corrected chi connectivity index (χ1v) is 7.96. The van der Waals surface area contributed by atoms with Crippen molar-refractivity contribution in [1.29, 1.82) is 0 Å². The Kier molecular flexibility index (Phi) is 5.03. The van der Waals surface area contributed by atoms with Crippen LogP contribution in [0.3, 0.4) is 0 Å². The first-order chi connectivity index (χ1) is 10.7. The molecule has 1 unspecified atom stereocenters. The molecule has 1 aliphatic heterocycles. The molecule has 7 nitrogen and oxygen atoms in total. The Balaban J connectivity index is 2.10. The van der Waals surface area contributed by atoms with Crippen molar-refractivity contribution in [2.24, 2.45) is 5.41 Å². The molecule has 124 valence electrons. The summed E-state index contributed by atoms with van der Waals surface area (Å²) in [5, 5.41) is 20.0. The summed E-state index contributed by atoms with van der Waals surface area (Å²) in [6, 6.07) is 4.26. The quantitative estimate of drug-likeness (QED) is 0.634. The summed E-state index contributed by atoms with van der Waals surface area (Å²) in [7, 11) is 0. The molecule has 1 aromatic carbocycles. The smallest absolute Gasteiger partial charge is 0.311 e. The standard InChI is InChI=1S/C15H17BrN2O5/c1-15(14(20)21)5-2-6-17(9-15)13(19)7-10-3-4-11(18(22)23)8-12(10)16/h3-4,8H,2,5-7,9H2,1H3,(H,20,21). The van der Waals surface area contributed by atoms with Crippen molar-refractivity contribution in [1.82, 2.24) is 4.90 Å². The van der Waals surface area contributed by atoms with Gasteiger partial charge < -0.3 is 10.0 Å². The molecule has 0 bridgehead atoms. The molecular formula is C15H17BrN2O5. The van der Waals surface area contributed by atoms with Crippen LogP contribution < -0.4 is 0 Å². The summed E-state index contributed by atoms with van der Waals surface area (Å²) >= 11 is 3.24. The van der Waals surface area contributed by atoms with E-state index in [1.54, 1.807) is 17.9 Å². The zero-order chi connectivity index (χ0) is 17.2. The summed E-state index contributed by atoms with van der Waals surface area (Å²) in [5.41, 5.74) is -0.326. The van der Waals surface area contributed by atoms with E-state index in [2.05, 4.69) is 15.9 Å². The van der Waals surface area contributed by atoms with Gasteiger partial charge >= 0.3 is 5.97 Å². The summed E-state index contributed by atoms with van der Waals surface area (Å²) in [6.07, 6.45) is 1.28. The molecule has 1 atom stereocenters. The van der Waals surface area contributed by atoms with Crippen LogP contribution in [-0.4, -0.2) is 39.9 Å². The number of nitro benzene ring substituents is 1. The van der Waals surface area contributed by atoms with E-state index in [0.717, 1.165) is 0 Å². The molecule has 0 aliphatic carbocycles. The lowest BCUT2D eigenvalue weighted by Gasteiger charge is -2.37. The highest BCUT2D eigenvalue weighted by molar-refractivity contribution is 9.10. The van der Waals surface area contributed by atoms with Gasteiger partial charge in [0, 0.05) is 29.7 Å². The zero-order valence-electron chi connectivity index (χ0n) is 12.6. The third-order valence-corrected chi connectivity index (χ3v) is 4.89. The number of non-ortho nitro benzene ring substituents is 1. The maximum absolute atomic E-state index is 12.4. The Hall–Kier alpha value is -1.96. The highest BCUT2D eigenvalue weighted by atomic mass is 79.9. The predicted molar refractivity (Wildman–Crippen MR) is 86.1 cm³/mol. The Bertz CT molecular complexity index is 663. The highest BCUT2D eigenvalue weighted by Crippen LogP contribution is 2.30. The molecule has 1 fully saturated rings. The fraction of sp³-hybridized carbons (Fsp3) is 0.467. The Morgan fingerprint density at radius 3 is 2.74 bits per heavy atom. The molecule has 0 spiro atoms. The number of carboxylic acids is 1. The fourth-order valence-corrected chi connectivity index (χ4v) is 3.20. The summed E-state index contributed by atoms with van der Waals surface area (Å²) < 4.78 is 0.498. The summed E-state index contributed by atoms with van der Waals surface area (Å²) in [6.45, 7) is 2.37. The molecule has 0 saturated carbocycles. The maximum Gasteiger partial charge on any atom is 0.311 e. The second-order valence-corrected chi connectivity index (χ2v) is 6.85. The topological polar surface area (TPSA) is 101 Å². The van der Waals surface area contributed by atoms with Crippen LogP contribution in [0.2, 0.25) is 0 Å². The van der Waals surface area contributed by atoms with Gasteiger partial charge in [-0.3, -0.25) is 19.7 Å². The number of rotatable bonds is 4. The summed E-state index contributed by atoms with van der Waals surface area (Å²) in [5.74, 6) is -1.07. The molecule has 2 rings (SSSR count). The van der Waals surface area contributed by atoms with Crippen molar-refractivity contribution in [3.05, 3.63) is 38.3 Å². The van der Waals surface area contributed by atoms with Gasteiger partial charge in [0.1, 0.15) is 0 Å². The van der Waals surface area contributed by atoms with Crippen LogP contribution in [0.1, 0.15) is 25.3 Å². The fourth-order valence-electron chi connectivity index (χ4n) is 2.69. The minimum atomic E-state index is -0.916. The lowest BCUT2D eigenvalue weighted by atomic mass is 9.82. The van der Waals surface area contributed by atoms with E-state index in [1.807, 2.05) is 0 Å². The van der Waals surface area contributed by atoms with Crippen LogP contribution in [0.25, 0.3) is 0 Å². The molecule has 1 aliphatic rings. The van der Waals surface area contributed by atoms with E-state index in [-0.39, 0.29) is 24.6 Å². The number of hydrogen-bond acceptors (Lipinski definition) is 4. The number of benzene rings is 1. The molecule has 23 heavy (non-hydrogen) atoms. The second kappa shape index (κ2) is 6.66. The van der Waals surface area contributed by atoms with Gasteiger partial charge in [0.2, 0.25) is 5.91 Å². The number of nitrogens with zero attached hydrogens (tertiary/aromatic N) is 2. The molecule has 8 heteroatoms. The van der Waals surface area contributed by atoms with Gasteiger partial charge in [0.25, 0.3) is 5.69 Å². The molecular weight excluding hydrogens is 368 g/mol. The predicted octanol–water partition coefficient (Wildman–Crippen LogP) is 2.61. The summed E-state index contributed by atoms with van der Waals surface area (Å²) in [4.78, 5) is 35.6. The SMILES string of the molecule is CC1(C(=O)O)CCCN(C(=O)Cc2ccc([N+](=O)[O-])cc2Br)C1. The van der Waals surface area contributed by atoms with E-state index < -0.39 is 16.3 Å². The zero-order valence-corrected chi connectivity index (χ0v) is 14.2. The van der Waals surface area contributed by atoms with Crippen molar-refractivity contribution in [2.45, 2.75) is 26.2 Å². The average Bonchev–Trinajstić information content (AvgIpc) is 2.49. The molecule has 1 N–H and O–H groups in total. The molecule has 1 aromatic rings. The number of hydrogen-bond donors (Lipinski definition) is 1. The van der Waals surface area contributed by atoms with E-state index in [1.165, 1.54) is 12.1 Å². The molecule has 1 saturated heterocycles. The second-order valence-electron chi connectivity index (χ2n) is 5.99. The monoisotopic (exact) mass is 384 g/mol. The number of likely N-dealkylation sites (tertiary alicyclic amines) is 1. The highest BCUT2D eigenvalue weighted by Gasteiger charge is 2.39. The lowest BCUT2D eigenvalue weighted by molar-refractivity contribution is -0.384. The normalized spacial score (nSPS) is 21.0. The first kappa shape index (κ1) is 17.4. The first-order valence-electron chi connectivity index (χ1n) is 7.17. The number of amides is 1. The number of carbonyl (C=O) groups excluding carboxylic acids is 1.